The van der Waals surface area contributed by atoms with Gasteiger partial charge in [-0.05, 0) is 44.0 Å². The van der Waals surface area contributed by atoms with Crippen LogP contribution < -0.4 is 16.2 Å². The molecule has 2 bridgehead atoms. The van der Waals surface area contributed by atoms with Crippen molar-refractivity contribution < 1.29 is 4.79 Å². The SMILES string of the molecule is CC[C@H](C)NC(=O)CNC(=S)N1C[C@H]2C[C@@H](C1)c1cccc(=O)n1C2. The number of fused-ring (bicyclic) bond motifs is 4. The smallest absolute Gasteiger partial charge is 0.250 e. The van der Waals surface area contributed by atoms with Gasteiger partial charge in [0.05, 0.1) is 6.54 Å². The van der Waals surface area contributed by atoms with Crippen LogP contribution in [0.1, 0.15) is 38.3 Å². The zero-order chi connectivity index (χ0) is 18.0. The second-order valence-electron chi connectivity index (χ2n) is 7.14. The number of nitrogens with one attached hydrogen (secondary N) is 2. The average molecular weight is 362 g/mol. The normalized spacial score (nSPS) is 22.7. The van der Waals surface area contributed by atoms with E-state index in [0.29, 0.717) is 16.9 Å². The Morgan fingerprint density at radius 3 is 2.92 bits per heavy atom. The lowest BCUT2D eigenvalue weighted by molar-refractivity contribution is -0.120. The maximum atomic E-state index is 12.1. The minimum atomic E-state index is -0.0363. The fraction of sp³-hybridized carbons (Fsp3) is 0.611. The summed E-state index contributed by atoms with van der Waals surface area (Å²) in [6.07, 6.45) is 2.00. The van der Waals surface area contributed by atoms with E-state index in [2.05, 4.69) is 15.5 Å². The Kier molecular flexibility index (Phi) is 5.42. The van der Waals surface area contributed by atoms with Crippen LogP contribution in [0.15, 0.2) is 23.0 Å². The van der Waals surface area contributed by atoms with Gasteiger partial charge in [0.15, 0.2) is 5.11 Å². The van der Waals surface area contributed by atoms with Gasteiger partial charge >= 0.3 is 0 Å². The van der Waals surface area contributed by atoms with Crippen molar-refractivity contribution in [1.29, 1.82) is 0 Å². The number of nitrogens with zero attached hydrogens (tertiary/aromatic N) is 2. The van der Waals surface area contributed by atoms with Gasteiger partial charge in [-0.1, -0.05) is 13.0 Å². The van der Waals surface area contributed by atoms with Crippen molar-refractivity contribution in [2.75, 3.05) is 19.6 Å². The number of amides is 1. The summed E-state index contributed by atoms with van der Waals surface area (Å²) >= 11 is 5.50. The van der Waals surface area contributed by atoms with Gasteiger partial charge in [0, 0.05) is 43.4 Å². The van der Waals surface area contributed by atoms with Crippen LogP contribution in [-0.2, 0) is 11.3 Å². The molecule has 25 heavy (non-hydrogen) atoms. The van der Waals surface area contributed by atoms with Crippen LogP contribution in [0, 0.1) is 5.92 Å². The summed E-state index contributed by atoms with van der Waals surface area (Å²) in [6.45, 7) is 6.60. The molecule has 0 saturated carbocycles. The molecular formula is C18H26N4O2S. The van der Waals surface area contributed by atoms with Crippen molar-refractivity contribution in [3.63, 3.8) is 0 Å². The Hall–Kier alpha value is -1.89. The van der Waals surface area contributed by atoms with Crippen molar-refractivity contribution >= 4 is 23.2 Å². The molecule has 2 aliphatic heterocycles. The van der Waals surface area contributed by atoms with Gasteiger partial charge < -0.3 is 20.1 Å². The predicted molar refractivity (Wildman–Crippen MR) is 102 cm³/mol. The molecule has 1 aromatic rings. The molecule has 7 heteroatoms. The second kappa shape index (κ2) is 7.56. The third-order valence-corrected chi connectivity index (χ3v) is 5.59. The molecule has 136 valence electrons. The molecule has 3 atom stereocenters. The van der Waals surface area contributed by atoms with E-state index < -0.39 is 0 Å². The Labute approximate surface area is 153 Å². The van der Waals surface area contributed by atoms with E-state index in [1.54, 1.807) is 6.07 Å². The molecule has 1 saturated heterocycles. The molecule has 1 aromatic heterocycles. The third-order valence-electron chi connectivity index (χ3n) is 5.19. The molecule has 2 N–H and O–H groups in total. The molecule has 0 aromatic carbocycles. The molecule has 0 unspecified atom stereocenters. The van der Waals surface area contributed by atoms with Gasteiger partial charge in [-0.3, -0.25) is 9.59 Å². The number of hydrogen-bond acceptors (Lipinski definition) is 3. The topological polar surface area (TPSA) is 66.4 Å². The van der Waals surface area contributed by atoms with E-state index in [0.717, 1.165) is 38.2 Å². The monoisotopic (exact) mass is 362 g/mol. The Morgan fingerprint density at radius 1 is 1.36 bits per heavy atom. The molecular weight excluding hydrogens is 336 g/mol. The number of carbonyl (C=O) groups excluding carboxylic acids is 1. The lowest BCUT2D eigenvalue weighted by atomic mass is 9.83. The molecule has 0 spiro atoms. The van der Waals surface area contributed by atoms with Gasteiger partial charge in [0.25, 0.3) is 5.56 Å². The fourth-order valence-electron chi connectivity index (χ4n) is 3.76. The number of likely N-dealkylation sites (tertiary alicyclic amines) is 1. The zero-order valence-corrected chi connectivity index (χ0v) is 15.6. The van der Waals surface area contributed by atoms with E-state index in [4.69, 9.17) is 12.2 Å². The predicted octanol–water partition coefficient (Wildman–Crippen LogP) is 1.06. The molecule has 3 rings (SSSR count). The number of pyridine rings is 1. The van der Waals surface area contributed by atoms with Crippen LogP contribution in [0.2, 0.25) is 0 Å². The van der Waals surface area contributed by atoms with E-state index in [1.165, 1.54) is 0 Å². The van der Waals surface area contributed by atoms with Crippen LogP contribution in [0.4, 0.5) is 0 Å². The van der Waals surface area contributed by atoms with Gasteiger partial charge in [0.2, 0.25) is 5.91 Å². The summed E-state index contributed by atoms with van der Waals surface area (Å²) in [5.41, 5.74) is 1.19. The standard InChI is InChI=1S/C18H26N4O2S/c1-3-12(2)20-16(23)8-19-18(25)21-9-13-7-14(11-21)15-5-4-6-17(24)22(15)10-13/h4-6,12-14H,3,7-11H2,1-2H3,(H,19,25)(H,20,23)/t12-,13+,14-/m0/s1. The first-order valence-electron chi connectivity index (χ1n) is 8.99. The minimum Gasteiger partial charge on any atom is -0.354 e. The number of carbonyl (C=O) groups is 1. The minimum absolute atomic E-state index is 0.0363. The van der Waals surface area contributed by atoms with E-state index in [1.807, 2.05) is 30.5 Å². The Balaban J connectivity index is 1.60. The largest absolute Gasteiger partial charge is 0.354 e. The first-order chi connectivity index (χ1) is 12.0. The summed E-state index contributed by atoms with van der Waals surface area (Å²) in [5, 5.41) is 6.64. The quantitative estimate of drug-likeness (QED) is 0.784. The van der Waals surface area contributed by atoms with Crippen LogP contribution in [0.25, 0.3) is 0 Å². The Morgan fingerprint density at radius 2 is 2.16 bits per heavy atom. The molecule has 2 aliphatic rings. The van der Waals surface area contributed by atoms with Gasteiger partial charge in [-0.15, -0.1) is 0 Å². The summed E-state index contributed by atoms with van der Waals surface area (Å²) < 4.78 is 1.91. The molecule has 0 radical (unpaired) electrons. The zero-order valence-electron chi connectivity index (χ0n) is 14.8. The fourth-order valence-corrected chi connectivity index (χ4v) is 3.98. The lowest BCUT2D eigenvalue weighted by Crippen LogP contribution is -2.53. The Bertz CT molecular complexity index is 717. The van der Waals surface area contributed by atoms with Crippen LogP contribution >= 0.6 is 12.2 Å². The molecule has 1 fully saturated rings. The maximum absolute atomic E-state index is 12.1. The highest BCUT2D eigenvalue weighted by molar-refractivity contribution is 7.80. The highest BCUT2D eigenvalue weighted by Gasteiger charge is 2.35. The molecule has 0 aliphatic carbocycles. The van der Waals surface area contributed by atoms with Crippen molar-refractivity contribution in [3.8, 4) is 0 Å². The first-order valence-corrected chi connectivity index (χ1v) is 9.40. The number of thiocarbonyl (C=S) groups is 1. The summed E-state index contributed by atoms with van der Waals surface area (Å²) in [7, 11) is 0. The number of aromatic nitrogens is 1. The van der Waals surface area contributed by atoms with Crippen LogP contribution in [-0.4, -0.2) is 46.2 Å². The molecule has 1 amide bonds. The van der Waals surface area contributed by atoms with E-state index in [9.17, 15) is 9.59 Å². The number of hydrogen-bond donors (Lipinski definition) is 2. The highest BCUT2D eigenvalue weighted by Crippen LogP contribution is 2.34. The van der Waals surface area contributed by atoms with E-state index in [-0.39, 0.29) is 24.1 Å². The van der Waals surface area contributed by atoms with Crippen molar-refractivity contribution in [2.45, 2.75) is 45.2 Å². The van der Waals surface area contributed by atoms with E-state index >= 15 is 0 Å². The average Bonchev–Trinajstić information content (AvgIpc) is 2.60. The summed E-state index contributed by atoms with van der Waals surface area (Å²) in [5.74, 6) is 0.695. The number of piperidine rings is 1. The van der Waals surface area contributed by atoms with Gasteiger partial charge in [-0.25, -0.2) is 0 Å². The summed E-state index contributed by atoms with van der Waals surface area (Å²) in [4.78, 5) is 26.1. The van der Waals surface area contributed by atoms with Gasteiger partial charge in [0.1, 0.15) is 0 Å². The molecule has 3 heterocycles. The lowest BCUT2D eigenvalue weighted by Gasteiger charge is -2.43. The van der Waals surface area contributed by atoms with Crippen molar-refractivity contribution in [2.24, 2.45) is 5.92 Å². The first kappa shape index (κ1) is 17.9. The number of rotatable bonds is 4. The second-order valence-corrected chi connectivity index (χ2v) is 7.53. The van der Waals surface area contributed by atoms with Crippen molar-refractivity contribution in [3.05, 3.63) is 34.2 Å². The van der Waals surface area contributed by atoms with Crippen LogP contribution in [0.3, 0.4) is 0 Å². The van der Waals surface area contributed by atoms with Gasteiger partial charge in [-0.2, -0.15) is 0 Å². The van der Waals surface area contributed by atoms with Crippen molar-refractivity contribution in [1.82, 2.24) is 20.1 Å². The highest BCUT2D eigenvalue weighted by atomic mass is 32.1. The molecule has 6 nitrogen and oxygen atoms in total. The third kappa shape index (κ3) is 4.03. The maximum Gasteiger partial charge on any atom is 0.250 e. The summed E-state index contributed by atoms with van der Waals surface area (Å²) in [6, 6.07) is 5.68. The van der Waals surface area contributed by atoms with Crippen LogP contribution in [0.5, 0.6) is 0 Å².